The number of hydrogen-bond donors (Lipinski definition) is 1. The SMILES string of the molecule is Cn1c(=O)c(NC(=O)c2ccc(OCCCCCCCCCC[P+](c3ccccc3)(c3ccccc3)c3ccccc3)cc2)cc2cc(Br)ccc21. The number of carbonyl (C=O) groups is 1. The third-order valence-corrected chi connectivity index (χ3v) is 14.8. The van der Waals surface area contributed by atoms with Gasteiger partial charge in [0.25, 0.3) is 11.5 Å². The van der Waals surface area contributed by atoms with Gasteiger partial charge in [-0.3, -0.25) is 9.59 Å². The number of rotatable bonds is 17. The molecule has 266 valence electrons. The number of fused-ring (bicyclic) bond motifs is 1. The highest BCUT2D eigenvalue weighted by Crippen LogP contribution is 2.56. The zero-order valence-corrected chi connectivity index (χ0v) is 32.3. The highest BCUT2D eigenvalue weighted by molar-refractivity contribution is 9.10. The van der Waals surface area contributed by atoms with Crippen LogP contribution in [0.2, 0.25) is 0 Å². The molecule has 0 bridgehead atoms. The van der Waals surface area contributed by atoms with Crippen LogP contribution in [0.3, 0.4) is 0 Å². The van der Waals surface area contributed by atoms with Gasteiger partial charge in [0.1, 0.15) is 34.6 Å². The van der Waals surface area contributed by atoms with Crippen molar-refractivity contribution in [2.45, 2.75) is 51.4 Å². The summed E-state index contributed by atoms with van der Waals surface area (Å²) in [4.78, 5) is 25.8. The molecule has 6 rings (SSSR count). The molecule has 0 spiro atoms. The molecular weight excluding hydrogens is 727 g/mol. The molecule has 0 unspecified atom stereocenters. The van der Waals surface area contributed by atoms with Crippen LogP contribution < -0.4 is 31.5 Å². The normalized spacial score (nSPS) is 11.4. The largest absolute Gasteiger partial charge is 0.494 e. The van der Waals surface area contributed by atoms with E-state index in [1.54, 1.807) is 29.8 Å². The van der Waals surface area contributed by atoms with E-state index >= 15 is 0 Å². The molecule has 0 radical (unpaired) electrons. The number of hydrogen-bond acceptors (Lipinski definition) is 3. The van der Waals surface area contributed by atoms with Gasteiger partial charge in [-0.25, -0.2) is 0 Å². The van der Waals surface area contributed by atoms with Gasteiger partial charge >= 0.3 is 0 Å². The zero-order valence-electron chi connectivity index (χ0n) is 29.8. The minimum atomic E-state index is -1.73. The molecule has 0 saturated heterocycles. The Balaban J connectivity index is 0.907. The Morgan fingerprint density at radius 1 is 0.654 bits per heavy atom. The molecule has 52 heavy (non-hydrogen) atoms. The van der Waals surface area contributed by atoms with Gasteiger partial charge in [0, 0.05) is 22.5 Å². The highest BCUT2D eigenvalue weighted by atomic mass is 79.9. The Bertz CT molecular complexity index is 2010. The topological polar surface area (TPSA) is 60.3 Å². The van der Waals surface area contributed by atoms with Crippen LogP contribution in [-0.2, 0) is 7.05 Å². The van der Waals surface area contributed by atoms with Crippen LogP contribution in [0.5, 0.6) is 5.75 Å². The van der Waals surface area contributed by atoms with E-state index in [4.69, 9.17) is 4.74 Å². The van der Waals surface area contributed by atoms with Gasteiger partial charge in [-0.05, 0) is 104 Å². The first kappa shape index (κ1) is 37.3. The van der Waals surface area contributed by atoms with Crippen molar-refractivity contribution in [1.82, 2.24) is 4.57 Å². The number of aryl methyl sites for hydroxylation is 1. The second-order valence-electron chi connectivity index (χ2n) is 13.3. The minimum absolute atomic E-state index is 0.246. The summed E-state index contributed by atoms with van der Waals surface area (Å²) in [5.41, 5.74) is 1.26. The van der Waals surface area contributed by atoms with Crippen molar-refractivity contribution in [3.63, 3.8) is 0 Å². The number of ether oxygens (including phenoxy) is 1. The van der Waals surface area contributed by atoms with Crippen molar-refractivity contribution in [3.8, 4) is 5.75 Å². The summed E-state index contributed by atoms with van der Waals surface area (Å²) in [5, 5.41) is 8.05. The Hall–Kier alpha value is -4.51. The lowest BCUT2D eigenvalue weighted by Crippen LogP contribution is -2.33. The van der Waals surface area contributed by atoms with Crippen LogP contribution in [0.1, 0.15) is 61.7 Å². The van der Waals surface area contributed by atoms with Crippen LogP contribution in [0, 0.1) is 0 Å². The summed E-state index contributed by atoms with van der Waals surface area (Å²) in [7, 11) is -0.0282. The van der Waals surface area contributed by atoms with Crippen LogP contribution in [0.4, 0.5) is 5.69 Å². The molecule has 5 nitrogen and oxygen atoms in total. The molecule has 7 heteroatoms. The average Bonchev–Trinajstić information content (AvgIpc) is 3.18. The average molecular weight is 775 g/mol. The van der Waals surface area contributed by atoms with Crippen LogP contribution in [-0.4, -0.2) is 23.2 Å². The first-order valence-electron chi connectivity index (χ1n) is 18.3. The van der Waals surface area contributed by atoms with Crippen molar-refractivity contribution in [2.24, 2.45) is 7.05 Å². The molecule has 0 aliphatic heterocycles. The second kappa shape index (κ2) is 18.3. The van der Waals surface area contributed by atoms with Crippen LogP contribution in [0.15, 0.2) is 149 Å². The predicted molar refractivity (Wildman–Crippen MR) is 224 cm³/mol. The summed E-state index contributed by atoms with van der Waals surface area (Å²) >= 11 is 3.47. The molecule has 1 aromatic heterocycles. The Labute approximate surface area is 316 Å². The first-order chi connectivity index (χ1) is 25.5. The van der Waals surface area contributed by atoms with E-state index < -0.39 is 7.26 Å². The third kappa shape index (κ3) is 9.10. The predicted octanol–water partition coefficient (Wildman–Crippen LogP) is 10.0. The van der Waals surface area contributed by atoms with E-state index in [1.165, 1.54) is 60.6 Å². The molecule has 0 fully saturated rings. The van der Waals surface area contributed by atoms with Crippen LogP contribution >= 0.6 is 23.2 Å². The van der Waals surface area contributed by atoms with Gasteiger partial charge in [0.2, 0.25) is 0 Å². The summed E-state index contributed by atoms with van der Waals surface area (Å²) in [6, 6.07) is 48.1. The highest BCUT2D eigenvalue weighted by Gasteiger charge is 2.44. The van der Waals surface area contributed by atoms with Crippen LogP contribution in [0.25, 0.3) is 10.9 Å². The van der Waals surface area contributed by atoms with E-state index in [0.29, 0.717) is 12.2 Å². The summed E-state index contributed by atoms with van der Waals surface area (Å²) < 4.78 is 8.42. The van der Waals surface area contributed by atoms with Crippen molar-refractivity contribution in [1.29, 1.82) is 0 Å². The lowest BCUT2D eigenvalue weighted by Gasteiger charge is -2.27. The number of pyridine rings is 1. The molecule has 1 N–H and O–H groups in total. The maximum Gasteiger partial charge on any atom is 0.274 e. The molecule has 0 aliphatic carbocycles. The van der Waals surface area contributed by atoms with Gasteiger partial charge in [0.15, 0.2) is 0 Å². The maximum absolute atomic E-state index is 12.9. The van der Waals surface area contributed by atoms with Gasteiger partial charge in [-0.2, -0.15) is 0 Å². The number of benzene rings is 5. The fraction of sp³-hybridized carbons (Fsp3) is 0.244. The van der Waals surface area contributed by atoms with Gasteiger partial charge in [0.05, 0.1) is 18.3 Å². The first-order valence-corrected chi connectivity index (χ1v) is 21.1. The van der Waals surface area contributed by atoms with Crippen molar-refractivity contribution in [2.75, 3.05) is 18.1 Å². The zero-order chi connectivity index (χ0) is 36.2. The molecule has 6 aromatic rings. The quantitative estimate of drug-likeness (QED) is 0.0742. The second-order valence-corrected chi connectivity index (χ2v) is 17.9. The standard InChI is InChI=1S/C45H46BrN2O3P/c1-48-43-30-27-37(46)33-36(43)34-42(45(48)50)47-44(49)35-25-28-38(29-26-35)51-31-17-6-4-2-3-5-7-18-32-52(39-19-11-8-12-20-39,40-21-13-9-14-22-40)41-23-15-10-16-24-41/h8-16,19-30,33-34H,2-7,17-18,31-32H2,1H3/p+1. The fourth-order valence-corrected chi connectivity index (χ4v) is 11.8. The van der Waals surface area contributed by atoms with Gasteiger partial charge < -0.3 is 14.6 Å². The van der Waals surface area contributed by atoms with E-state index in [-0.39, 0.29) is 17.2 Å². The number of unbranched alkanes of at least 4 members (excludes halogenated alkanes) is 7. The molecule has 1 heterocycles. The van der Waals surface area contributed by atoms with E-state index in [9.17, 15) is 9.59 Å². The van der Waals surface area contributed by atoms with E-state index in [0.717, 1.165) is 34.0 Å². The number of carbonyl (C=O) groups excluding carboxylic acids is 1. The maximum atomic E-state index is 12.9. The Kier molecular flexibility index (Phi) is 13.1. The summed E-state index contributed by atoms with van der Waals surface area (Å²) in [6.07, 6.45) is 10.8. The smallest absolute Gasteiger partial charge is 0.274 e. The number of aromatic nitrogens is 1. The number of nitrogens with one attached hydrogen (secondary N) is 1. The lowest BCUT2D eigenvalue weighted by molar-refractivity contribution is 0.102. The van der Waals surface area contributed by atoms with Gasteiger partial charge in [-0.15, -0.1) is 0 Å². The molecule has 5 aromatic carbocycles. The number of amides is 1. The third-order valence-electron chi connectivity index (χ3n) is 9.80. The minimum Gasteiger partial charge on any atom is -0.494 e. The number of nitrogens with zero attached hydrogens (tertiary/aromatic N) is 1. The van der Waals surface area contributed by atoms with E-state index in [1.807, 2.05) is 30.3 Å². The summed E-state index contributed by atoms with van der Waals surface area (Å²) in [5.74, 6) is 0.408. The van der Waals surface area contributed by atoms with Crippen molar-refractivity contribution >= 4 is 61.6 Å². The van der Waals surface area contributed by atoms with Crippen molar-refractivity contribution < 1.29 is 9.53 Å². The number of anilines is 1. The van der Waals surface area contributed by atoms with Gasteiger partial charge in [-0.1, -0.05) is 103 Å². The van der Waals surface area contributed by atoms with E-state index in [2.05, 4.69) is 112 Å². The fourth-order valence-electron chi connectivity index (χ4n) is 7.02. The Morgan fingerprint density at radius 2 is 1.17 bits per heavy atom. The molecule has 1 amide bonds. The molecule has 0 saturated carbocycles. The monoisotopic (exact) mass is 773 g/mol. The molecular formula is C45H47BrN2O3P+. The summed E-state index contributed by atoms with van der Waals surface area (Å²) in [6.45, 7) is 0.651. The molecule has 0 atom stereocenters. The Morgan fingerprint density at radius 3 is 1.73 bits per heavy atom. The van der Waals surface area contributed by atoms with Crippen molar-refractivity contribution in [3.05, 3.63) is 160 Å². The molecule has 0 aliphatic rings. The number of halogens is 1. The lowest BCUT2D eigenvalue weighted by atomic mass is 10.1.